The van der Waals surface area contributed by atoms with Crippen LogP contribution < -0.4 is 16.0 Å². The van der Waals surface area contributed by atoms with Crippen molar-refractivity contribution >= 4 is 39.7 Å². The van der Waals surface area contributed by atoms with Gasteiger partial charge in [0.05, 0.1) is 18.1 Å². The first-order chi connectivity index (χ1) is 18.2. The molecular weight excluding hydrogens is 506 g/mol. The number of nitrogens with one attached hydrogen (secondary N) is 3. The van der Waals surface area contributed by atoms with E-state index in [1.807, 2.05) is 6.07 Å². The number of carbonyl (C=O) groups excluding carboxylic acids is 2. The average molecular weight is 540 g/mol. The van der Waals surface area contributed by atoms with Gasteiger partial charge in [-0.05, 0) is 93.5 Å². The molecule has 0 saturated heterocycles. The van der Waals surface area contributed by atoms with Crippen LogP contribution in [0, 0.1) is 0 Å². The summed E-state index contributed by atoms with van der Waals surface area (Å²) in [7, 11) is 0. The molecule has 3 aromatic heterocycles. The molecule has 0 aromatic carbocycles. The Bertz CT molecular complexity index is 1270. The highest BCUT2D eigenvalue weighted by Crippen LogP contribution is 2.40. The van der Waals surface area contributed by atoms with Gasteiger partial charge in [0.25, 0.3) is 0 Å². The summed E-state index contributed by atoms with van der Waals surface area (Å²) in [4.78, 5) is 30.1. The van der Waals surface area contributed by atoms with Crippen molar-refractivity contribution in [1.82, 2.24) is 10.6 Å². The van der Waals surface area contributed by atoms with Crippen molar-refractivity contribution in [3.05, 3.63) is 50.6 Å². The van der Waals surface area contributed by atoms with E-state index in [-0.39, 0.29) is 18.1 Å². The van der Waals surface area contributed by atoms with Gasteiger partial charge in [0, 0.05) is 33.3 Å². The molecule has 3 aromatic rings. The molecule has 1 fully saturated rings. The van der Waals surface area contributed by atoms with Gasteiger partial charge in [-0.15, -0.1) is 22.7 Å². The van der Waals surface area contributed by atoms with Crippen LogP contribution in [0.5, 0.6) is 0 Å². The van der Waals surface area contributed by atoms with Gasteiger partial charge in [0.15, 0.2) is 0 Å². The van der Waals surface area contributed by atoms with E-state index in [1.54, 1.807) is 23.9 Å². The third-order valence-electron chi connectivity index (χ3n) is 7.65. The number of hydrogen-bond donors (Lipinski definition) is 3. The van der Waals surface area contributed by atoms with Crippen LogP contribution in [0.1, 0.15) is 81.7 Å². The Labute approximate surface area is 225 Å². The normalized spacial score (nSPS) is 17.6. The van der Waals surface area contributed by atoms with Crippen LogP contribution in [0.3, 0.4) is 0 Å². The smallest absolute Gasteiger partial charge is 0.341 e. The molecule has 1 aliphatic heterocycles. The monoisotopic (exact) mass is 539 g/mol. The topological polar surface area (TPSA) is 92.6 Å². The van der Waals surface area contributed by atoms with Gasteiger partial charge in [-0.1, -0.05) is 0 Å². The second kappa shape index (κ2) is 11.0. The molecule has 4 heterocycles. The zero-order chi connectivity index (χ0) is 25.2. The van der Waals surface area contributed by atoms with Gasteiger partial charge in [-0.3, -0.25) is 5.32 Å². The zero-order valence-corrected chi connectivity index (χ0v) is 22.6. The molecule has 2 aliphatic carbocycles. The summed E-state index contributed by atoms with van der Waals surface area (Å²) >= 11 is 3.31. The lowest BCUT2D eigenvalue weighted by Crippen LogP contribution is -2.29. The second-order valence-electron chi connectivity index (χ2n) is 10.1. The molecule has 3 N–H and O–H groups in total. The minimum Gasteiger partial charge on any atom is -0.472 e. The largest absolute Gasteiger partial charge is 0.472 e. The Morgan fingerprint density at radius 3 is 2.70 bits per heavy atom. The third-order valence-corrected chi connectivity index (χ3v) is 10.2. The summed E-state index contributed by atoms with van der Waals surface area (Å²) in [5.41, 5.74) is 5.19. The van der Waals surface area contributed by atoms with Crippen LogP contribution in [0.2, 0.25) is 0 Å². The molecule has 6 rings (SSSR count). The van der Waals surface area contributed by atoms with E-state index in [2.05, 4.69) is 16.0 Å². The first-order valence-corrected chi connectivity index (χ1v) is 15.1. The van der Waals surface area contributed by atoms with Crippen LogP contribution in [-0.2, 0) is 37.1 Å². The van der Waals surface area contributed by atoms with Crippen molar-refractivity contribution in [3.63, 3.8) is 0 Å². The maximum absolute atomic E-state index is 13.2. The highest BCUT2D eigenvalue weighted by Gasteiger charge is 2.30. The number of furan rings is 1. The number of hydrogen-bond acceptors (Lipinski definition) is 7. The van der Waals surface area contributed by atoms with Gasteiger partial charge in [-0.25, -0.2) is 9.59 Å². The zero-order valence-electron chi connectivity index (χ0n) is 21.0. The number of amides is 2. The van der Waals surface area contributed by atoms with E-state index in [0.29, 0.717) is 17.1 Å². The van der Waals surface area contributed by atoms with E-state index < -0.39 is 0 Å². The fraction of sp³-hybridized carbons (Fsp3) is 0.500. The molecule has 2 amide bonds. The van der Waals surface area contributed by atoms with Crippen molar-refractivity contribution in [3.8, 4) is 10.4 Å². The summed E-state index contributed by atoms with van der Waals surface area (Å²) < 4.78 is 11.2. The van der Waals surface area contributed by atoms with Crippen molar-refractivity contribution in [2.45, 2.75) is 83.4 Å². The van der Waals surface area contributed by atoms with E-state index in [9.17, 15) is 9.59 Å². The number of carbonyl (C=O) groups is 2. The summed E-state index contributed by atoms with van der Waals surface area (Å²) in [6, 6.07) is 1.68. The number of ether oxygens (including phenoxy) is 1. The molecule has 7 nitrogen and oxygen atoms in total. The number of aryl methyl sites for hydroxylation is 1. The molecule has 0 spiro atoms. The van der Waals surface area contributed by atoms with Gasteiger partial charge in [0.2, 0.25) is 0 Å². The Morgan fingerprint density at radius 2 is 1.86 bits per heavy atom. The standard InChI is InChI=1S/C28H33N3O4S2/c32-27(35-18-6-1-2-7-18)24-20-8-3-4-10-22(20)37-26(24)31-28(33)30-14-21-19-9-5-12-29-15-23(19)36-25(21)17-11-13-34-16-17/h11,13,16,18,29H,1-10,12,14-15H2,(H2,30,31,33). The van der Waals surface area contributed by atoms with Crippen molar-refractivity contribution in [2.75, 3.05) is 11.9 Å². The van der Waals surface area contributed by atoms with E-state index >= 15 is 0 Å². The number of esters is 1. The third kappa shape index (κ3) is 5.22. The van der Waals surface area contributed by atoms with Gasteiger partial charge >= 0.3 is 12.0 Å². The number of fused-ring (bicyclic) bond motifs is 2. The van der Waals surface area contributed by atoms with Crippen LogP contribution in [0.4, 0.5) is 9.80 Å². The molecule has 9 heteroatoms. The fourth-order valence-corrected chi connectivity index (χ4v) is 8.39. The molecule has 0 atom stereocenters. The molecule has 0 radical (unpaired) electrons. The summed E-state index contributed by atoms with van der Waals surface area (Å²) in [5.74, 6) is -0.278. The van der Waals surface area contributed by atoms with Crippen LogP contribution >= 0.6 is 22.7 Å². The lowest BCUT2D eigenvalue weighted by Gasteiger charge is -2.15. The average Bonchev–Trinajstić information content (AvgIpc) is 3.68. The van der Waals surface area contributed by atoms with Gasteiger partial charge in [0.1, 0.15) is 11.1 Å². The van der Waals surface area contributed by atoms with Crippen molar-refractivity contribution < 1.29 is 18.7 Å². The quantitative estimate of drug-likeness (QED) is 0.315. The highest BCUT2D eigenvalue weighted by atomic mass is 32.1. The Kier molecular flexibility index (Phi) is 7.35. The summed E-state index contributed by atoms with van der Waals surface area (Å²) in [6.45, 7) is 2.27. The maximum Gasteiger partial charge on any atom is 0.341 e. The molecule has 37 heavy (non-hydrogen) atoms. The van der Waals surface area contributed by atoms with Crippen LogP contribution in [-0.4, -0.2) is 24.6 Å². The molecule has 0 bridgehead atoms. The highest BCUT2D eigenvalue weighted by molar-refractivity contribution is 7.17. The SMILES string of the molecule is O=C(NCc1c(-c2ccoc2)sc2c1CCCNC2)Nc1sc2c(c1C(=O)OC1CCCC1)CCCC2. The first kappa shape index (κ1) is 24.7. The summed E-state index contributed by atoms with van der Waals surface area (Å²) in [5, 5.41) is 10.2. The fourth-order valence-electron chi connectivity index (χ4n) is 5.79. The van der Waals surface area contributed by atoms with Crippen molar-refractivity contribution in [2.24, 2.45) is 0 Å². The predicted molar refractivity (Wildman–Crippen MR) is 147 cm³/mol. The predicted octanol–water partition coefficient (Wildman–Crippen LogP) is 6.41. The van der Waals surface area contributed by atoms with E-state index in [4.69, 9.17) is 9.15 Å². The number of thiophene rings is 2. The minimum atomic E-state index is -0.293. The Morgan fingerprint density at radius 1 is 1.03 bits per heavy atom. The lowest BCUT2D eigenvalue weighted by atomic mass is 9.95. The summed E-state index contributed by atoms with van der Waals surface area (Å²) in [6.07, 6.45) is 13.6. The molecule has 0 unspecified atom stereocenters. The molecule has 3 aliphatic rings. The molecular formula is C28H33N3O4S2. The van der Waals surface area contributed by atoms with Gasteiger partial charge in [-0.2, -0.15) is 0 Å². The second-order valence-corrected chi connectivity index (χ2v) is 12.3. The number of anilines is 1. The molecule has 196 valence electrons. The van der Waals surface area contributed by atoms with Crippen LogP contribution in [0.25, 0.3) is 10.4 Å². The van der Waals surface area contributed by atoms with Crippen LogP contribution in [0.15, 0.2) is 23.0 Å². The van der Waals surface area contributed by atoms with Crippen molar-refractivity contribution in [1.29, 1.82) is 0 Å². The minimum absolute atomic E-state index is 0.00185. The van der Waals surface area contributed by atoms with E-state index in [0.717, 1.165) is 98.9 Å². The first-order valence-electron chi connectivity index (χ1n) is 13.4. The Balaban J connectivity index is 1.21. The maximum atomic E-state index is 13.2. The Hall–Kier alpha value is -2.62. The lowest BCUT2D eigenvalue weighted by molar-refractivity contribution is 0.0318. The van der Waals surface area contributed by atoms with E-state index in [1.165, 1.54) is 26.7 Å². The number of rotatable bonds is 6. The number of urea groups is 1. The van der Waals surface area contributed by atoms with Gasteiger partial charge < -0.3 is 19.8 Å². The molecule has 1 saturated carbocycles.